The molecule has 0 saturated carbocycles. The van der Waals surface area contributed by atoms with E-state index in [2.05, 4.69) is 26.1 Å². The highest BCUT2D eigenvalue weighted by atomic mass is 16.5. The van der Waals surface area contributed by atoms with Gasteiger partial charge in [-0.1, -0.05) is 6.92 Å². The number of hydrogen-bond donors (Lipinski definition) is 1. The molecule has 1 heterocycles. The first kappa shape index (κ1) is 8.02. The van der Waals surface area contributed by atoms with Crippen molar-refractivity contribution < 1.29 is 4.74 Å². The van der Waals surface area contributed by atoms with Gasteiger partial charge < -0.3 is 10.1 Å². The molecule has 0 radical (unpaired) electrons. The molecule has 60 valence electrons. The van der Waals surface area contributed by atoms with Crippen molar-refractivity contribution in [3.63, 3.8) is 0 Å². The maximum absolute atomic E-state index is 5.46. The minimum absolute atomic E-state index is 0.231. The van der Waals surface area contributed by atoms with Crippen molar-refractivity contribution in [2.45, 2.75) is 38.8 Å². The smallest absolute Gasteiger partial charge is 0.0726 e. The molecule has 0 aromatic rings. The van der Waals surface area contributed by atoms with Crippen molar-refractivity contribution in [1.29, 1.82) is 0 Å². The summed E-state index contributed by atoms with van der Waals surface area (Å²) in [6, 6.07) is 0. The molecule has 2 nitrogen and oxygen atoms in total. The average molecular weight is 143 g/mol. The quantitative estimate of drug-likeness (QED) is 0.626. The first-order chi connectivity index (χ1) is 4.69. The number of rotatable bonds is 2. The van der Waals surface area contributed by atoms with Crippen LogP contribution < -0.4 is 5.32 Å². The first-order valence-electron chi connectivity index (χ1n) is 4.05. The topological polar surface area (TPSA) is 21.3 Å². The Kier molecular flexibility index (Phi) is 2.32. The van der Waals surface area contributed by atoms with E-state index in [0.717, 1.165) is 19.6 Å². The third-order valence-electron chi connectivity index (χ3n) is 2.47. The highest BCUT2D eigenvalue weighted by Crippen LogP contribution is 2.24. The van der Waals surface area contributed by atoms with Gasteiger partial charge in [0.15, 0.2) is 0 Å². The van der Waals surface area contributed by atoms with Crippen LogP contribution in [0.4, 0.5) is 0 Å². The molecule has 0 spiro atoms. The molecule has 2 unspecified atom stereocenters. The molecule has 10 heavy (non-hydrogen) atoms. The zero-order valence-corrected chi connectivity index (χ0v) is 7.11. The second kappa shape index (κ2) is 2.89. The van der Waals surface area contributed by atoms with Gasteiger partial charge in [0, 0.05) is 12.1 Å². The van der Waals surface area contributed by atoms with Crippen LogP contribution in [0.3, 0.4) is 0 Å². The summed E-state index contributed by atoms with van der Waals surface area (Å²) in [5.74, 6) is 0. The van der Waals surface area contributed by atoms with E-state index in [-0.39, 0.29) is 5.54 Å². The van der Waals surface area contributed by atoms with E-state index in [1.54, 1.807) is 0 Å². The summed E-state index contributed by atoms with van der Waals surface area (Å²) >= 11 is 0. The molecule has 2 heteroatoms. The van der Waals surface area contributed by atoms with Gasteiger partial charge in [-0.3, -0.25) is 0 Å². The lowest BCUT2D eigenvalue weighted by Gasteiger charge is -2.28. The van der Waals surface area contributed by atoms with Crippen LogP contribution in [0.25, 0.3) is 0 Å². The Labute approximate surface area is 63.0 Å². The average Bonchev–Trinajstić information content (AvgIpc) is 2.15. The van der Waals surface area contributed by atoms with Gasteiger partial charge in [-0.05, 0) is 26.8 Å². The molecule has 1 rings (SSSR count). The third kappa shape index (κ3) is 1.32. The fraction of sp³-hybridized carbons (Fsp3) is 1.00. The summed E-state index contributed by atoms with van der Waals surface area (Å²) in [4.78, 5) is 0. The standard InChI is InChI=1S/C8H17NO/c1-4-9-8(3)5-6-10-7(8)2/h7,9H,4-6H2,1-3H3. The van der Waals surface area contributed by atoms with Crippen LogP contribution in [-0.4, -0.2) is 24.8 Å². The van der Waals surface area contributed by atoms with Crippen LogP contribution in [0.15, 0.2) is 0 Å². The summed E-state index contributed by atoms with van der Waals surface area (Å²) in [5.41, 5.74) is 0.231. The first-order valence-corrected chi connectivity index (χ1v) is 4.05. The highest BCUT2D eigenvalue weighted by molar-refractivity contribution is 4.92. The van der Waals surface area contributed by atoms with Gasteiger partial charge >= 0.3 is 0 Å². The van der Waals surface area contributed by atoms with Gasteiger partial charge in [0.2, 0.25) is 0 Å². The lowest BCUT2D eigenvalue weighted by Crippen LogP contribution is -2.47. The predicted molar refractivity (Wildman–Crippen MR) is 42.1 cm³/mol. The highest BCUT2D eigenvalue weighted by Gasteiger charge is 2.35. The zero-order valence-electron chi connectivity index (χ0n) is 7.11. The zero-order chi connectivity index (χ0) is 7.61. The van der Waals surface area contributed by atoms with E-state index in [1.165, 1.54) is 0 Å². The minimum atomic E-state index is 0.231. The minimum Gasteiger partial charge on any atom is -0.377 e. The third-order valence-corrected chi connectivity index (χ3v) is 2.47. The van der Waals surface area contributed by atoms with Crippen molar-refractivity contribution in [2.24, 2.45) is 0 Å². The fourth-order valence-corrected chi connectivity index (χ4v) is 1.47. The molecule has 1 N–H and O–H groups in total. The van der Waals surface area contributed by atoms with Crippen molar-refractivity contribution >= 4 is 0 Å². The molecule has 1 aliphatic heterocycles. The van der Waals surface area contributed by atoms with Gasteiger partial charge in [0.1, 0.15) is 0 Å². The molecule has 0 aromatic carbocycles. The van der Waals surface area contributed by atoms with Crippen LogP contribution in [-0.2, 0) is 4.74 Å². The molecule has 0 aliphatic carbocycles. The maximum Gasteiger partial charge on any atom is 0.0726 e. The van der Waals surface area contributed by atoms with E-state index in [9.17, 15) is 0 Å². The number of nitrogens with one attached hydrogen (secondary N) is 1. The molecule has 1 saturated heterocycles. The van der Waals surface area contributed by atoms with Crippen molar-refractivity contribution in [3.05, 3.63) is 0 Å². The van der Waals surface area contributed by atoms with Crippen LogP contribution in [0, 0.1) is 0 Å². The summed E-state index contributed by atoms with van der Waals surface area (Å²) in [5, 5.41) is 3.45. The van der Waals surface area contributed by atoms with E-state index < -0.39 is 0 Å². The Bertz CT molecular complexity index is 116. The number of ether oxygens (including phenoxy) is 1. The lowest BCUT2D eigenvalue weighted by molar-refractivity contribution is 0.0894. The SMILES string of the molecule is CCNC1(C)CCOC1C. The maximum atomic E-state index is 5.46. The van der Waals surface area contributed by atoms with E-state index in [0.29, 0.717) is 6.10 Å². The van der Waals surface area contributed by atoms with Crippen LogP contribution >= 0.6 is 0 Å². The molecule has 0 bridgehead atoms. The van der Waals surface area contributed by atoms with E-state index in [4.69, 9.17) is 4.74 Å². The fourth-order valence-electron chi connectivity index (χ4n) is 1.47. The normalized spacial score (nSPS) is 40.5. The Morgan fingerprint density at radius 2 is 2.40 bits per heavy atom. The summed E-state index contributed by atoms with van der Waals surface area (Å²) < 4.78 is 5.46. The van der Waals surface area contributed by atoms with Crippen molar-refractivity contribution in [3.8, 4) is 0 Å². The van der Waals surface area contributed by atoms with Gasteiger partial charge in [0.05, 0.1) is 6.10 Å². The van der Waals surface area contributed by atoms with Gasteiger partial charge in [-0.15, -0.1) is 0 Å². The number of likely N-dealkylation sites (N-methyl/N-ethyl adjacent to an activating group) is 1. The van der Waals surface area contributed by atoms with Gasteiger partial charge in [-0.25, -0.2) is 0 Å². The Morgan fingerprint density at radius 3 is 2.80 bits per heavy atom. The summed E-state index contributed by atoms with van der Waals surface area (Å²) in [6.45, 7) is 8.44. The summed E-state index contributed by atoms with van der Waals surface area (Å²) in [7, 11) is 0. The Balaban J connectivity index is 2.48. The molecule has 2 atom stereocenters. The molecule has 1 fully saturated rings. The molecule has 0 aromatic heterocycles. The van der Waals surface area contributed by atoms with Crippen molar-refractivity contribution in [2.75, 3.05) is 13.2 Å². The predicted octanol–water partition coefficient (Wildman–Crippen LogP) is 1.16. The second-order valence-electron chi connectivity index (χ2n) is 3.21. The largest absolute Gasteiger partial charge is 0.377 e. The van der Waals surface area contributed by atoms with Gasteiger partial charge in [0.25, 0.3) is 0 Å². The van der Waals surface area contributed by atoms with E-state index in [1.807, 2.05) is 0 Å². The van der Waals surface area contributed by atoms with Crippen LogP contribution in [0.5, 0.6) is 0 Å². The Hall–Kier alpha value is -0.0800. The van der Waals surface area contributed by atoms with E-state index >= 15 is 0 Å². The van der Waals surface area contributed by atoms with Gasteiger partial charge in [-0.2, -0.15) is 0 Å². The molecular formula is C8H17NO. The Morgan fingerprint density at radius 1 is 1.70 bits per heavy atom. The number of hydrogen-bond acceptors (Lipinski definition) is 2. The molecular weight excluding hydrogens is 126 g/mol. The van der Waals surface area contributed by atoms with Crippen LogP contribution in [0.1, 0.15) is 27.2 Å². The monoisotopic (exact) mass is 143 g/mol. The molecule has 0 amide bonds. The second-order valence-corrected chi connectivity index (χ2v) is 3.21. The van der Waals surface area contributed by atoms with Crippen molar-refractivity contribution in [1.82, 2.24) is 5.32 Å². The lowest BCUT2D eigenvalue weighted by atomic mass is 9.95. The van der Waals surface area contributed by atoms with Crippen LogP contribution in [0.2, 0.25) is 0 Å². The molecule has 1 aliphatic rings. The summed E-state index contributed by atoms with van der Waals surface area (Å²) in [6.07, 6.45) is 1.51.